The maximum Gasteiger partial charge on any atom is 0.265 e. The third kappa shape index (κ3) is 22.2. The first kappa shape index (κ1) is 27.9. The average molecular weight is 419 g/mol. The lowest BCUT2D eigenvalue weighted by molar-refractivity contribution is 0.433. The largest absolute Gasteiger partial charge is 0.286 e. The van der Waals surface area contributed by atoms with Crippen LogP contribution in [-0.2, 0) is 10.1 Å². The van der Waals surface area contributed by atoms with Crippen molar-refractivity contribution in [3.63, 3.8) is 0 Å². The zero-order valence-electron chi connectivity index (χ0n) is 19.1. The fourth-order valence-electron chi connectivity index (χ4n) is 4.04. The van der Waals surface area contributed by atoms with E-state index in [2.05, 4.69) is 6.92 Å². The summed E-state index contributed by atoms with van der Waals surface area (Å²) in [6, 6.07) is 0. The Kier molecular flexibility index (Phi) is 20.1. The van der Waals surface area contributed by atoms with E-state index in [1.165, 1.54) is 109 Å². The van der Waals surface area contributed by atoms with E-state index >= 15 is 0 Å². The molecule has 0 bridgehead atoms. The first-order valence-corrected chi connectivity index (χ1v) is 14.1. The van der Waals surface area contributed by atoms with Gasteiger partial charge >= 0.3 is 0 Å². The van der Waals surface area contributed by atoms with Gasteiger partial charge in [-0.15, -0.1) is 0 Å². The standard InChI is InChI=1S/C24H50O3S/c1-3-5-6-7-8-9-10-11-12-13-14-15-16-17-18-19-20-21-22-24(4-2)23-28(25,26)27/h24H,3-23H2,1-2H3,(H,25,26,27). The molecule has 0 heterocycles. The van der Waals surface area contributed by atoms with E-state index in [1.807, 2.05) is 6.92 Å². The highest BCUT2D eigenvalue weighted by Gasteiger charge is 2.14. The zero-order valence-corrected chi connectivity index (χ0v) is 19.9. The smallest absolute Gasteiger partial charge is 0.265 e. The van der Waals surface area contributed by atoms with Gasteiger partial charge in [0.25, 0.3) is 10.1 Å². The Balaban J connectivity index is 3.21. The second-order valence-electron chi connectivity index (χ2n) is 8.82. The van der Waals surface area contributed by atoms with Crippen LogP contribution in [0.5, 0.6) is 0 Å². The molecule has 0 aromatic heterocycles. The molecule has 0 fully saturated rings. The Bertz CT molecular complexity index is 406. The molecular formula is C24H50O3S. The van der Waals surface area contributed by atoms with Crippen molar-refractivity contribution in [1.29, 1.82) is 0 Å². The van der Waals surface area contributed by atoms with Crippen molar-refractivity contribution in [3.05, 3.63) is 0 Å². The molecule has 0 aromatic carbocycles. The summed E-state index contributed by atoms with van der Waals surface area (Å²) in [5.74, 6) is 0.0543. The quantitative estimate of drug-likeness (QED) is 0.142. The maximum atomic E-state index is 10.9. The normalized spacial score (nSPS) is 13.1. The molecule has 0 aromatic rings. The van der Waals surface area contributed by atoms with Crippen LogP contribution in [0.3, 0.4) is 0 Å². The highest BCUT2D eigenvalue weighted by atomic mass is 32.2. The maximum absolute atomic E-state index is 10.9. The molecule has 3 nitrogen and oxygen atoms in total. The van der Waals surface area contributed by atoms with Gasteiger partial charge in [-0.3, -0.25) is 4.55 Å². The minimum absolute atomic E-state index is 0.0670. The van der Waals surface area contributed by atoms with Crippen molar-refractivity contribution in [3.8, 4) is 0 Å². The molecule has 1 N–H and O–H groups in total. The Morgan fingerprint density at radius 1 is 0.571 bits per heavy atom. The van der Waals surface area contributed by atoms with E-state index in [-0.39, 0.29) is 11.7 Å². The van der Waals surface area contributed by atoms with Crippen LogP contribution in [0.2, 0.25) is 0 Å². The van der Waals surface area contributed by atoms with Crippen LogP contribution in [0, 0.1) is 5.92 Å². The Morgan fingerprint density at radius 2 is 0.893 bits per heavy atom. The molecule has 4 heteroatoms. The molecule has 170 valence electrons. The summed E-state index contributed by atoms with van der Waals surface area (Å²) in [5, 5.41) is 0. The lowest BCUT2D eigenvalue weighted by Crippen LogP contribution is -2.14. The summed E-state index contributed by atoms with van der Waals surface area (Å²) in [6.07, 6.45) is 26.4. The van der Waals surface area contributed by atoms with Gasteiger partial charge in [-0.1, -0.05) is 136 Å². The second kappa shape index (κ2) is 20.2. The second-order valence-corrected chi connectivity index (χ2v) is 10.3. The summed E-state index contributed by atoms with van der Waals surface area (Å²) in [7, 11) is -3.81. The fraction of sp³-hybridized carbons (Fsp3) is 1.00. The SMILES string of the molecule is CCCCCCCCCCCCCCCCCCCCC(CC)CS(=O)(=O)O. The fourth-order valence-corrected chi connectivity index (χ4v) is 5.04. The van der Waals surface area contributed by atoms with Gasteiger partial charge in [0.15, 0.2) is 0 Å². The molecular weight excluding hydrogens is 368 g/mol. The molecule has 0 aliphatic carbocycles. The topological polar surface area (TPSA) is 54.4 Å². The van der Waals surface area contributed by atoms with Gasteiger partial charge < -0.3 is 0 Å². The zero-order chi connectivity index (χ0) is 20.9. The van der Waals surface area contributed by atoms with E-state index < -0.39 is 10.1 Å². The van der Waals surface area contributed by atoms with Crippen LogP contribution in [-0.4, -0.2) is 18.7 Å². The highest BCUT2D eigenvalue weighted by Crippen LogP contribution is 2.18. The molecule has 1 atom stereocenters. The van der Waals surface area contributed by atoms with Crippen molar-refractivity contribution in [2.75, 3.05) is 5.75 Å². The van der Waals surface area contributed by atoms with Crippen molar-refractivity contribution < 1.29 is 13.0 Å². The number of hydrogen-bond acceptors (Lipinski definition) is 2. The van der Waals surface area contributed by atoms with Crippen LogP contribution < -0.4 is 0 Å². The van der Waals surface area contributed by atoms with E-state index in [0.29, 0.717) is 0 Å². The molecule has 0 amide bonds. The molecule has 0 spiro atoms. The predicted molar refractivity (Wildman–Crippen MR) is 124 cm³/mol. The van der Waals surface area contributed by atoms with Gasteiger partial charge in [0.05, 0.1) is 5.75 Å². The van der Waals surface area contributed by atoms with Crippen molar-refractivity contribution in [1.82, 2.24) is 0 Å². The molecule has 0 saturated carbocycles. The van der Waals surface area contributed by atoms with Crippen LogP contribution in [0.1, 0.15) is 142 Å². The van der Waals surface area contributed by atoms with Crippen molar-refractivity contribution >= 4 is 10.1 Å². The number of unbranched alkanes of at least 4 members (excludes halogenated alkanes) is 17. The van der Waals surface area contributed by atoms with Gasteiger partial charge in [0.2, 0.25) is 0 Å². The lowest BCUT2D eigenvalue weighted by atomic mass is 9.99. The third-order valence-electron chi connectivity index (χ3n) is 5.99. The molecule has 0 radical (unpaired) electrons. The van der Waals surface area contributed by atoms with Crippen molar-refractivity contribution in [2.45, 2.75) is 142 Å². The summed E-state index contributed by atoms with van der Waals surface area (Å²) in [4.78, 5) is 0. The van der Waals surface area contributed by atoms with Gasteiger partial charge in [0.1, 0.15) is 0 Å². The van der Waals surface area contributed by atoms with Crippen LogP contribution in [0.15, 0.2) is 0 Å². The molecule has 0 saturated heterocycles. The van der Waals surface area contributed by atoms with E-state index in [0.717, 1.165) is 19.3 Å². The summed E-state index contributed by atoms with van der Waals surface area (Å²) < 4.78 is 30.8. The van der Waals surface area contributed by atoms with E-state index in [1.54, 1.807) is 0 Å². The average Bonchev–Trinajstić information content (AvgIpc) is 2.65. The highest BCUT2D eigenvalue weighted by molar-refractivity contribution is 7.85. The third-order valence-corrected chi connectivity index (χ3v) is 6.88. The first-order chi connectivity index (χ1) is 13.5. The summed E-state index contributed by atoms with van der Waals surface area (Å²) in [6.45, 7) is 4.28. The molecule has 0 aliphatic rings. The van der Waals surface area contributed by atoms with Gasteiger partial charge in [0, 0.05) is 0 Å². The first-order valence-electron chi connectivity index (χ1n) is 12.4. The van der Waals surface area contributed by atoms with Crippen LogP contribution in [0.4, 0.5) is 0 Å². The molecule has 0 aliphatic heterocycles. The van der Waals surface area contributed by atoms with Crippen molar-refractivity contribution in [2.24, 2.45) is 5.92 Å². The Hall–Kier alpha value is -0.0900. The monoisotopic (exact) mass is 418 g/mol. The lowest BCUT2D eigenvalue weighted by Gasteiger charge is -2.12. The number of hydrogen-bond donors (Lipinski definition) is 1. The minimum atomic E-state index is -3.81. The molecule has 1 unspecified atom stereocenters. The predicted octanol–water partition coefficient (Wildman–Crippen LogP) is 8.33. The Labute approximate surface area is 177 Å². The van der Waals surface area contributed by atoms with Crippen LogP contribution in [0.25, 0.3) is 0 Å². The van der Waals surface area contributed by atoms with Crippen LogP contribution >= 0.6 is 0 Å². The minimum Gasteiger partial charge on any atom is -0.286 e. The van der Waals surface area contributed by atoms with Gasteiger partial charge in [-0.25, -0.2) is 0 Å². The Morgan fingerprint density at radius 3 is 1.18 bits per heavy atom. The summed E-state index contributed by atoms with van der Waals surface area (Å²) >= 11 is 0. The van der Waals surface area contributed by atoms with Gasteiger partial charge in [-0.05, 0) is 12.3 Å². The molecule has 0 rings (SSSR count). The molecule has 28 heavy (non-hydrogen) atoms. The van der Waals surface area contributed by atoms with Gasteiger partial charge in [-0.2, -0.15) is 8.42 Å². The number of rotatable bonds is 22. The van der Waals surface area contributed by atoms with E-state index in [4.69, 9.17) is 4.55 Å². The summed E-state index contributed by atoms with van der Waals surface area (Å²) in [5.41, 5.74) is 0. The van der Waals surface area contributed by atoms with E-state index in [9.17, 15) is 8.42 Å².